The normalized spacial score (nSPS) is 36.8. The van der Waals surface area contributed by atoms with E-state index in [4.69, 9.17) is 5.11 Å². The molecule has 5 heteroatoms. The van der Waals surface area contributed by atoms with Crippen molar-refractivity contribution in [3.8, 4) is 0 Å². The van der Waals surface area contributed by atoms with Crippen LogP contribution < -0.4 is 5.32 Å². The summed E-state index contributed by atoms with van der Waals surface area (Å²) in [5.74, 6) is 0.247. The molecule has 2 N–H and O–H groups in total. The second-order valence-corrected chi connectivity index (χ2v) is 6.11. The van der Waals surface area contributed by atoms with Crippen LogP contribution in [0.2, 0.25) is 0 Å². The van der Waals surface area contributed by atoms with E-state index in [1.165, 1.54) is 12.8 Å². The lowest BCUT2D eigenvalue weighted by Crippen LogP contribution is -2.60. The smallest absolute Gasteiger partial charge is 0.305 e. The number of rotatable bonds is 3. The highest BCUT2D eigenvalue weighted by molar-refractivity contribution is 5.86. The first-order valence-corrected chi connectivity index (χ1v) is 7.24. The fourth-order valence-corrected chi connectivity index (χ4v) is 3.65. The lowest BCUT2D eigenvalue weighted by molar-refractivity contribution is -0.144. The van der Waals surface area contributed by atoms with E-state index >= 15 is 0 Å². The SMILES string of the molecule is CC1CCC(N2CCNC(=O)C2CC(=O)O)C(C)C1. The number of hydrogen-bond acceptors (Lipinski definition) is 3. The Hall–Kier alpha value is -1.10. The highest BCUT2D eigenvalue weighted by Crippen LogP contribution is 2.33. The summed E-state index contributed by atoms with van der Waals surface area (Å²) >= 11 is 0. The number of aliphatic carboxylic acids is 1. The molecule has 1 saturated heterocycles. The topological polar surface area (TPSA) is 69.6 Å². The van der Waals surface area contributed by atoms with Crippen LogP contribution in [0.15, 0.2) is 0 Å². The Bertz CT molecular complexity index is 359. The van der Waals surface area contributed by atoms with Gasteiger partial charge in [0.1, 0.15) is 0 Å². The van der Waals surface area contributed by atoms with Crippen molar-refractivity contribution >= 4 is 11.9 Å². The van der Waals surface area contributed by atoms with E-state index < -0.39 is 12.0 Å². The summed E-state index contributed by atoms with van der Waals surface area (Å²) in [6.45, 7) is 5.90. The number of carbonyl (C=O) groups is 2. The minimum absolute atomic E-state index is 0.0927. The molecule has 2 rings (SSSR count). The van der Waals surface area contributed by atoms with Gasteiger partial charge in [-0.25, -0.2) is 0 Å². The van der Waals surface area contributed by atoms with Crippen molar-refractivity contribution in [1.82, 2.24) is 10.2 Å². The van der Waals surface area contributed by atoms with Crippen molar-refractivity contribution in [2.24, 2.45) is 11.8 Å². The quantitative estimate of drug-likeness (QED) is 0.804. The predicted molar refractivity (Wildman–Crippen MR) is 71.7 cm³/mol. The molecule has 0 radical (unpaired) electrons. The zero-order valence-electron chi connectivity index (χ0n) is 11.8. The summed E-state index contributed by atoms with van der Waals surface area (Å²) < 4.78 is 0. The molecule has 0 spiro atoms. The molecule has 1 heterocycles. The zero-order chi connectivity index (χ0) is 14.0. The van der Waals surface area contributed by atoms with Gasteiger partial charge in [0.05, 0.1) is 12.5 Å². The van der Waals surface area contributed by atoms with Crippen LogP contribution in [0.4, 0.5) is 0 Å². The van der Waals surface area contributed by atoms with E-state index in [1.54, 1.807) is 0 Å². The molecule has 19 heavy (non-hydrogen) atoms. The van der Waals surface area contributed by atoms with Crippen LogP contribution in [0.25, 0.3) is 0 Å². The minimum atomic E-state index is -0.899. The minimum Gasteiger partial charge on any atom is -0.481 e. The summed E-state index contributed by atoms with van der Waals surface area (Å²) in [7, 11) is 0. The van der Waals surface area contributed by atoms with Gasteiger partial charge in [-0.1, -0.05) is 13.8 Å². The summed E-state index contributed by atoms with van der Waals surface area (Å²) in [6, 6.07) is -0.140. The summed E-state index contributed by atoms with van der Waals surface area (Å²) in [4.78, 5) is 25.0. The fraction of sp³-hybridized carbons (Fsp3) is 0.857. The zero-order valence-corrected chi connectivity index (χ0v) is 11.8. The third kappa shape index (κ3) is 3.26. The Morgan fingerprint density at radius 3 is 2.79 bits per heavy atom. The average molecular weight is 268 g/mol. The van der Waals surface area contributed by atoms with E-state index in [1.807, 2.05) is 0 Å². The molecule has 0 bridgehead atoms. The van der Waals surface area contributed by atoms with E-state index in [0.717, 1.165) is 18.9 Å². The Morgan fingerprint density at radius 1 is 1.42 bits per heavy atom. The monoisotopic (exact) mass is 268 g/mol. The average Bonchev–Trinajstić information content (AvgIpc) is 2.32. The van der Waals surface area contributed by atoms with Crippen LogP contribution in [0, 0.1) is 11.8 Å². The molecule has 4 atom stereocenters. The predicted octanol–water partition coefficient (Wildman–Crippen LogP) is 1.09. The van der Waals surface area contributed by atoms with Crippen LogP contribution in [0.3, 0.4) is 0 Å². The molecule has 1 aliphatic carbocycles. The van der Waals surface area contributed by atoms with Crippen molar-refractivity contribution in [2.45, 2.75) is 51.6 Å². The van der Waals surface area contributed by atoms with Gasteiger partial charge < -0.3 is 10.4 Å². The third-order valence-corrected chi connectivity index (χ3v) is 4.55. The van der Waals surface area contributed by atoms with E-state index in [9.17, 15) is 9.59 Å². The summed E-state index contributed by atoms with van der Waals surface area (Å²) in [6.07, 6.45) is 3.33. The van der Waals surface area contributed by atoms with Crippen molar-refractivity contribution < 1.29 is 14.7 Å². The Balaban J connectivity index is 2.10. The standard InChI is InChI=1S/C14H24N2O3/c1-9-3-4-11(10(2)7-9)16-6-5-15-14(19)12(16)8-13(17)18/h9-12H,3-8H2,1-2H3,(H,15,19)(H,17,18). The largest absolute Gasteiger partial charge is 0.481 e. The summed E-state index contributed by atoms with van der Waals surface area (Å²) in [5.41, 5.74) is 0. The van der Waals surface area contributed by atoms with Gasteiger partial charge >= 0.3 is 5.97 Å². The van der Waals surface area contributed by atoms with Crippen molar-refractivity contribution in [3.63, 3.8) is 0 Å². The number of piperazine rings is 1. The van der Waals surface area contributed by atoms with Crippen molar-refractivity contribution in [1.29, 1.82) is 0 Å². The number of carbonyl (C=O) groups excluding carboxylic acids is 1. The molecule has 5 nitrogen and oxygen atoms in total. The van der Waals surface area contributed by atoms with E-state index in [-0.39, 0.29) is 12.3 Å². The molecule has 2 fully saturated rings. The Morgan fingerprint density at radius 2 is 2.16 bits per heavy atom. The third-order valence-electron chi connectivity index (χ3n) is 4.55. The van der Waals surface area contributed by atoms with E-state index in [0.29, 0.717) is 18.5 Å². The molecule has 1 saturated carbocycles. The molecule has 0 aromatic heterocycles. The molecule has 1 aliphatic heterocycles. The molecule has 1 amide bonds. The van der Waals surface area contributed by atoms with Crippen LogP contribution in [0.1, 0.15) is 39.5 Å². The number of carboxylic acid groups (broad SMARTS) is 1. The fourth-order valence-electron chi connectivity index (χ4n) is 3.65. The Labute approximate surface area is 114 Å². The van der Waals surface area contributed by atoms with Gasteiger partial charge in [0.25, 0.3) is 0 Å². The maximum Gasteiger partial charge on any atom is 0.305 e. The molecule has 0 aromatic carbocycles. The highest BCUT2D eigenvalue weighted by atomic mass is 16.4. The van der Waals surface area contributed by atoms with Crippen molar-refractivity contribution in [3.05, 3.63) is 0 Å². The first-order valence-electron chi connectivity index (χ1n) is 7.24. The summed E-state index contributed by atoms with van der Waals surface area (Å²) in [5, 5.41) is 11.8. The maximum absolute atomic E-state index is 11.9. The first-order chi connectivity index (χ1) is 8.99. The lowest BCUT2D eigenvalue weighted by Gasteiger charge is -2.45. The Kier molecular flexibility index (Phi) is 4.45. The number of nitrogens with zero attached hydrogens (tertiary/aromatic N) is 1. The molecule has 4 unspecified atom stereocenters. The number of hydrogen-bond donors (Lipinski definition) is 2. The van der Waals surface area contributed by atoms with Gasteiger partial charge in [0.15, 0.2) is 0 Å². The molecular weight excluding hydrogens is 244 g/mol. The van der Waals surface area contributed by atoms with Gasteiger partial charge in [0.2, 0.25) is 5.91 Å². The lowest BCUT2D eigenvalue weighted by atomic mass is 9.78. The number of nitrogens with one attached hydrogen (secondary N) is 1. The second-order valence-electron chi connectivity index (χ2n) is 6.11. The van der Waals surface area contributed by atoms with Gasteiger partial charge in [-0.3, -0.25) is 14.5 Å². The second kappa shape index (κ2) is 5.90. The maximum atomic E-state index is 11.9. The van der Waals surface area contributed by atoms with Gasteiger partial charge in [0, 0.05) is 19.1 Å². The highest BCUT2D eigenvalue weighted by Gasteiger charge is 2.39. The number of carboxylic acids is 1. The van der Waals surface area contributed by atoms with Crippen LogP contribution >= 0.6 is 0 Å². The van der Waals surface area contributed by atoms with Crippen molar-refractivity contribution in [2.75, 3.05) is 13.1 Å². The molecular formula is C14H24N2O3. The van der Waals surface area contributed by atoms with Crippen LogP contribution in [0.5, 0.6) is 0 Å². The van der Waals surface area contributed by atoms with Gasteiger partial charge in [-0.05, 0) is 31.1 Å². The molecule has 108 valence electrons. The number of amides is 1. The van der Waals surface area contributed by atoms with E-state index in [2.05, 4.69) is 24.1 Å². The van der Waals surface area contributed by atoms with Gasteiger partial charge in [-0.15, -0.1) is 0 Å². The van der Waals surface area contributed by atoms with Crippen LogP contribution in [-0.2, 0) is 9.59 Å². The van der Waals surface area contributed by atoms with Crippen LogP contribution in [-0.4, -0.2) is 47.1 Å². The molecule has 2 aliphatic rings. The van der Waals surface area contributed by atoms with Gasteiger partial charge in [-0.2, -0.15) is 0 Å². The first kappa shape index (κ1) is 14.3. The molecule has 0 aromatic rings.